The molecule has 2 nitrogen and oxygen atoms in total. The van der Waals surface area contributed by atoms with Crippen molar-refractivity contribution in [3.63, 3.8) is 0 Å². The third-order valence-corrected chi connectivity index (χ3v) is 5.10. The first-order chi connectivity index (χ1) is 8.65. The Morgan fingerprint density at radius 1 is 1.56 bits per heavy atom. The number of benzene rings is 1. The number of halogens is 2. The van der Waals surface area contributed by atoms with Gasteiger partial charge in [-0.3, -0.25) is 4.90 Å². The van der Waals surface area contributed by atoms with Crippen LogP contribution >= 0.6 is 27.5 Å². The molecule has 0 aromatic heterocycles. The van der Waals surface area contributed by atoms with E-state index in [0.717, 1.165) is 22.0 Å². The van der Waals surface area contributed by atoms with Gasteiger partial charge in [0.15, 0.2) is 0 Å². The second-order valence-electron chi connectivity index (χ2n) is 4.98. The minimum Gasteiger partial charge on any atom is -0.329 e. The van der Waals surface area contributed by atoms with Crippen molar-refractivity contribution in [3.8, 4) is 0 Å². The summed E-state index contributed by atoms with van der Waals surface area (Å²) in [6.07, 6.45) is 2.56. The van der Waals surface area contributed by atoms with Crippen molar-refractivity contribution >= 4 is 27.5 Å². The minimum absolute atomic E-state index is 0.315. The molecule has 0 bridgehead atoms. The number of rotatable bonds is 4. The normalized spacial score (nSPS) is 22.3. The summed E-state index contributed by atoms with van der Waals surface area (Å²) < 4.78 is 0.950. The molecule has 0 aliphatic carbocycles. The molecule has 1 heterocycles. The Morgan fingerprint density at radius 2 is 2.33 bits per heavy atom. The topological polar surface area (TPSA) is 29.3 Å². The van der Waals surface area contributed by atoms with Gasteiger partial charge in [0.2, 0.25) is 0 Å². The number of nitrogens with zero attached hydrogens (tertiary/aromatic N) is 1. The Labute approximate surface area is 123 Å². The quantitative estimate of drug-likeness (QED) is 0.908. The molecule has 1 aromatic carbocycles. The average molecular weight is 332 g/mol. The molecule has 100 valence electrons. The Morgan fingerprint density at radius 3 is 2.89 bits per heavy atom. The standard InChI is InChI=1S/C14H20BrClN2/c1-2-10-5-6-18(9-10)14(8-17)11-3-4-13(16)12(15)7-11/h3-4,7,10,14H,2,5-6,8-9,17H2,1H3. The zero-order chi connectivity index (χ0) is 13.1. The molecule has 1 aromatic rings. The fraction of sp³-hybridized carbons (Fsp3) is 0.571. The third-order valence-electron chi connectivity index (χ3n) is 3.89. The second-order valence-corrected chi connectivity index (χ2v) is 6.24. The summed E-state index contributed by atoms with van der Waals surface area (Å²) in [5, 5.41) is 0.752. The molecule has 0 spiro atoms. The first kappa shape index (κ1) is 14.3. The minimum atomic E-state index is 0.315. The van der Waals surface area contributed by atoms with Gasteiger partial charge < -0.3 is 5.73 Å². The third kappa shape index (κ3) is 3.08. The molecule has 1 fully saturated rings. The van der Waals surface area contributed by atoms with Gasteiger partial charge in [0.1, 0.15) is 0 Å². The lowest BCUT2D eigenvalue weighted by atomic mass is 10.0. The zero-order valence-electron chi connectivity index (χ0n) is 10.7. The van der Waals surface area contributed by atoms with Crippen LogP contribution in [0.5, 0.6) is 0 Å². The van der Waals surface area contributed by atoms with Crippen LogP contribution in [0.1, 0.15) is 31.4 Å². The highest BCUT2D eigenvalue weighted by atomic mass is 79.9. The van der Waals surface area contributed by atoms with Crippen LogP contribution < -0.4 is 5.73 Å². The molecule has 18 heavy (non-hydrogen) atoms. The van der Waals surface area contributed by atoms with Crippen LogP contribution in [-0.2, 0) is 0 Å². The summed E-state index contributed by atoms with van der Waals surface area (Å²) in [6, 6.07) is 6.44. The van der Waals surface area contributed by atoms with E-state index in [-0.39, 0.29) is 0 Å². The smallest absolute Gasteiger partial charge is 0.0548 e. The van der Waals surface area contributed by atoms with Gasteiger partial charge in [0.05, 0.1) is 5.02 Å². The average Bonchev–Trinajstić information content (AvgIpc) is 2.83. The van der Waals surface area contributed by atoms with E-state index in [1.807, 2.05) is 6.07 Å². The van der Waals surface area contributed by atoms with Crippen molar-refractivity contribution in [2.75, 3.05) is 19.6 Å². The van der Waals surface area contributed by atoms with Gasteiger partial charge in [-0.1, -0.05) is 31.0 Å². The van der Waals surface area contributed by atoms with Crippen molar-refractivity contribution in [1.29, 1.82) is 0 Å². The van der Waals surface area contributed by atoms with Crippen LogP contribution in [0.3, 0.4) is 0 Å². The highest BCUT2D eigenvalue weighted by Crippen LogP contribution is 2.31. The van der Waals surface area contributed by atoms with Crippen molar-refractivity contribution in [2.45, 2.75) is 25.8 Å². The van der Waals surface area contributed by atoms with Crippen LogP contribution in [-0.4, -0.2) is 24.5 Å². The van der Waals surface area contributed by atoms with Gasteiger partial charge in [0.25, 0.3) is 0 Å². The van der Waals surface area contributed by atoms with Crippen LogP contribution in [0.2, 0.25) is 5.02 Å². The van der Waals surface area contributed by atoms with E-state index >= 15 is 0 Å². The van der Waals surface area contributed by atoms with Gasteiger partial charge in [-0.15, -0.1) is 0 Å². The van der Waals surface area contributed by atoms with E-state index in [9.17, 15) is 0 Å². The lowest BCUT2D eigenvalue weighted by Gasteiger charge is -2.27. The molecule has 2 unspecified atom stereocenters. The van der Waals surface area contributed by atoms with Gasteiger partial charge >= 0.3 is 0 Å². The molecule has 0 saturated carbocycles. The van der Waals surface area contributed by atoms with E-state index in [1.165, 1.54) is 24.9 Å². The molecule has 2 atom stereocenters. The predicted molar refractivity (Wildman–Crippen MR) is 80.9 cm³/mol. The highest BCUT2D eigenvalue weighted by Gasteiger charge is 2.27. The Hall–Kier alpha value is -0.0900. The first-order valence-electron chi connectivity index (χ1n) is 6.54. The van der Waals surface area contributed by atoms with E-state index in [0.29, 0.717) is 12.6 Å². The molecule has 1 saturated heterocycles. The second kappa shape index (κ2) is 6.38. The number of nitrogens with two attached hydrogens (primary N) is 1. The van der Waals surface area contributed by atoms with Crippen molar-refractivity contribution in [3.05, 3.63) is 33.3 Å². The summed E-state index contributed by atoms with van der Waals surface area (Å²) in [7, 11) is 0. The van der Waals surface area contributed by atoms with E-state index in [4.69, 9.17) is 17.3 Å². The van der Waals surface area contributed by atoms with E-state index < -0.39 is 0 Å². The van der Waals surface area contributed by atoms with Crippen LogP contribution in [0.4, 0.5) is 0 Å². The van der Waals surface area contributed by atoms with Crippen molar-refractivity contribution in [2.24, 2.45) is 11.7 Å². The highest BCUT2D eigenvalue weighted by molar-refractivity contribution is 9.10. The molecule has 4 heteroatoms. The Balaban J connectivity index is 2.15. The van der Waals surface area contributed by atoms with E-state index in [1.54, 1.807) is 0 Å². The fourth-order valence-corrected chi connectivity index (χ4v) is 3.21. The first-order valence-corrected chi connectivity index (χ1v) is 7.71. The summed E-state index contributed by atoms with van der Waals surface area (Å²) in [4.78, 5) is 2.50. The molecule has 2 N–H and O–H groups in total. The Kier molecular flexibility index (Phi) is 5.07. The van der Waals surface area contributed by atoms with E-state index in [2.05, 4.69) is 39.9 Å². The maximum atomic E-state index is 6.04. The molecule has 1 aliphatic rings. The lowest BCUT2D eigenvalue weighted by molar-refractivity contribution is 0.241. The van der Waals surface area contributed by atoms with Gasteiger partial charge in [-0.2, -0.15) is 0 Å². The molecular weight excluding hydrogens is 312 g/mol. The predicted octanol–water partition coefficient (Wildman–Crippen LogP) is 3.83. The van der Waals surface area contributed by atoms with Crippen LogP contribution in [0.25, 0.3) is 0 Å². The zero-order valence-corrected chi connectivity index (χ0v) is 13.0. The molecule has 0 amide bonds. The maximum Gasteiger partial charge on any atom is 0.0548 e. The van der Waals surface area contributed by atoms with Crippen molar-refractivity contribution in [1.82, 2.24) is 4.90 Å². The van der Waals surface area contributed by atoms with Crippen LogP contribution in [0.15, 0.2) is 22.7 Å². The molecular formula is C14H20BrClN2. The van der Waals surface area contributed by atoms with Crippen molar-refractivity contribution < 1.29 is 0 Å². The Bertz CT molecular complexity index is 411. The number of hydrogen-bond donors (Lipinski definition) is 1. The van der Waals surface area contributed by atoms with Crippen LogP contribution in [0, 0.1) is 5.92 Å². The summed E-state index contributed by atoms with van der Waals surface area (Å²) in [5.74, 6) is 0.829. The monoisotopic (exact) mass is 330 g/mol. The largest absolute Gasteiger partial charge is 0.329 e. The lowest BCUT2D eigenvalue weighted by Crippen LogP contribution is -2.32. The van der Waals surface area contributed by atoms with Gasteiger partial charge in [0, 0.05) is 23.6 Å². The summed E-state index contributed by atoms with van der Waals surface area (Å²) >= 11 is 9.53. The SMILES string of the molecule is CCC1CCN(C(CN)c2ccc(Cl)c(Br)c2)C1. The number of likely N-dealkylation sites (tertiary alicyclic amines) is 1. The summed E-state index contributed by atoms with van der Waals surface area (Å²) in [6.45, 7) is 5.24. The summed E-state index contributed by atoms with van der Waals surface area (Å²) in [5.41, 5.74) is 7.22. The molecule has 2 rings (SSSR count). The van der Waals surface area contributed by atoms with Gasteiger partial charge in [-0.25, -0.2) is 0 Å². The fourth-order valence-electron chi connectivity index (χ4n) is 2.69. The molecule has 0 radical (unpaired) electrons. The number of hydrogen-bond acceptors (Lipinski definition) is 2. The molecule has 1 aliphatic heterocycles. The maximum absolute atomic E-state index is 6.04. The van der Waals surface area contributed by atoms with Gasteiger partial charge in [-0.05, 0) is 52.5 Å².